The van der Waals surface area contributed by atoms with Gasteiger partial charge in [0.15, 0.2) is 0 Å². The molecule has 0 amide bonds. The second-order valence-electron chi connectivity index (χ2n) is 3.57. The first-order valence-electron chi connectivity index (χ1n) is 4.42. The lowest BCUT2D eigenvalue weighted by Gasteiger charge is -2.17. The zero-order chi connectivity index (χ0) is 9.84. The second-order valence-corrected chi connectivity index (χ2v) is 5.18. The van der Waals surface area contributed by atoms with Gasteiger partial charge in [-0.2, -0.15) is 17.7 Å². The van der Waals surface area contributed by atoms with Crippen molar-refractivity contribution < 1.29 is 0 Å². The van der Waals surface area contributed by atoms with E-state index in [9.17, 15) is 0 Å². The van der Waals surface area contributed by atoms with Crippen molar-refractivity contribution in [1.29, 1.82) is 0 Å². The van der Waals surface area contributed by atoms with E-state index >= 15 is 0 Å². The Labute approximate surface area is 98.6 Å². The van der Waals surface area contributed by atoms with Crippen molar-refractivity contribution in [3.63, 3.8) is 0 Å². The molecular weight excluding hydrogens is 295 g/mol. The van der Waals surface area contributed by atoms with Gasteiger partial charge in [0.25, 0.3) is 0 Å². The molecule has 0 aliphatic heterocycles. The van der Waals surface area contributed by atoms with Crippen molar-refractivity contribution in [3.8, 4) is 0 Å². The molecule has 0 saturated heterocycles. The van der Waals surface area contributed by atoms with E-state index in [-0.39, 0.29) is 0 Å². The normalized spacial score (nSPS) is 13.6. The Kier molecular flexibility index (Phi) is 4.58. The number of halogens is 1. The second kappa shape index (κ2) is 5.24. The summed E-state index contributed by atoms with van der Waals surface area (Å²) in [6.45, 7) is 5.44. The van der Waals surface area contributed by atoms with Gasteiger partial charge in [-0.25, -0.2) is 0 Å². The van der Waals surface area contributed by atoms with Crippen molar-refractivity contribution in [2.45, 2.75) is 20.4 Å². The van der Waals surface area contributed by atoms with E-state index in [1.807, 2.05) is 10.9 Å². The first-order valence-corrected chi connectivity index (χ1v) is 6.13. The molecule has 1 atom stereocenters. The maximum atomic E-state index is 4.35. The van der Waals surface area contributed by atoms with Gasteiger partial charge in [0.1, 0.15) is 0 Å². The standard InChI is InChI=1S/C9H15IN2S/c1-7(2)8(6-13)4-12-5-9(10)3-11-12/h3,5,7-8,13H,4,6H2,1-2H3. The SMILES string of the molecule is CC(C)C(CS)Cn1cc(I)cn1. The van der Waals surface area contributed by atoms with Gasteiger partial charge in [-0.05, 0) is 40.2 Å². The highest BCUT2D eigenvalue weighted by molar-refractivity contribution is 14.1. The minimum Gasteiger partial charge on any atom is -0.271 e. The summed E-state index contributed by atoms with van der Waals surface area (Å²) in [6, 6.07) is 0. The van der Waals surface area contributed by atoms with Crippen LogP contribution in [0.15, 0.2) is 12.4 Å². The molecule has 1 rings (SSSR count). The van der Waals surface area contributed by atoms with Gasteiger partial charge in [0.2, 0.25) is 0 Å². The van der Waals surface area contributed by atoms with Gasteiger partial charge in [0, 0.05) is 12.7 Å². The molecule has 1 aromatic heterocycles. The molecule has 1 unspecified atom stereocenters. The molecule has 0 saturated carbocycles. The maximum Gasteiger partial charge on any atom is 0.0623 e. The van der Waals surface area contributed by atoms with E-state index in [1.165, 1.54) is 3.57 Å². The summed E-state index contributed by atoms with van der Waals surface area (Å²) in [5.41, 5.74) is 0. The van der Waals surface area contributed by atoms with Crippen molar-refractivity contribution in [1.82, 2.24) is 9.78 Å². The summed E-state index contributed by atoms with van der Waals surface area (Å²) < 4.78 is 3.20. The maximum absolute atomic E-state index is 4.35. The Morgan fingerprint density at radius 1 is 1.62 bits per heavy atom. The van der Waals surface area contributed by atoms with Crippen LogP contribution in [0.2, 0.25) is 0 Å². The van der Waals surface area contributed by atoms with Crippen LogP contribution in [0.5, 0.6) is 0 Å². The van der Waals surface area contributed by atoms with Crippen LogP contribution in [0, 0.1) is 15.4 Å². The van der Waals surface area contributed by atoms with Crippen LogP contribution in [0.3, 0.4) is 0 Å². The minimum atomic E-state index is 0.610. The molecule has 0 spiro atoms. The van der Waals surface area contributed by atoms with Gasteiger partial charge in [-0.1, -0.05) is 13.8 Å². The molecule has 1 heterocycles. The fraction of sp³-hybridized carbons (Fsp3) is 0.667. The van der Waals surface area contributed by atoms with Gasteiger partial charge < -0.3 is 0 Å². The fourth-order valence-electron chi connectivity index (χ4n) is 1.16. The molecule has 0 fully saturated rings. The minimum absolute atomic E-state index is 0.610. The third-order valence-corrected chi connectivity index (χ3v) is 3.23. The lowest BCUT2D eigenvalue weighted by Crippen LogP contribution is -2.18. The zero-order valence-electron chi connectivity index (χ0n) is 7.94. The monoisotopic (exact) mass is 310 g/mol. The molecule has 0 aromatic carbocycles. The molecular formula is C9H15IN2S. The topological polar surface area (TPSA) is 17.8 Å². The van der Waals surface area contributed by atoms with Gasteiger partial charge >= 0.3 is 0 Å². The largest absolute Gasteiger partial charge is 0.271 e. The average Bonchev–Trinajstić information content (AvgIpc) is 2.46. The van der Waals surface area contributed by atoms with E-state index in [4.69, 9.17) is 0 Å². The average molecular weight is 310 g/mol. The lowest BCUT2D eigenvalue weighted by atomic mass is 9.98. The van der Waals surface area contributed by atoms with E-state index in [1.54, 1.807) is 0 Å². The van der Waals surface area contributed by atoms with Crippen LogP contribution >= 0.6 is 35.2 Å². The summed E-state index contributed by atoms with van der Waals surface area (Å²) in [5.74, 6) is 2.20. The molecule has 0 N–H and O–H groups in total. The van der Waals surface area contributed by atoms with Crippen LogP contribution < -0.4 is 0 Å². The molecule has 0 radical (unpaired) electrons. The Morgan fingerprint density at radius 3 is 2.69 bits per heavy atom. The number of nitrogens with zero attached hydrogens (tertiary/aromatic N) is 2. The van der Waals surface area contributed by atoms with Crippen LogP contribution in [0.1, 0.15) is 13.8 Å². The summed E-state index contributed by atoms with van der Waals surface area (Å²) >= 11 is 6.62. The van der Waals surface area contributed by atoms with Crippen molar-refractivity contribution >= 4 is 35.2 Å². The van der Waals surface area contributed by atoms with Gasteiger partial charge in [-0.3, -0.25) is 4.68 Å². The number of thiol groups is 1. The van der Waals surface area contributed by atoms with E-state index in [0.717, 1.165) is 12.3 Å². The number of hydrogen-bond acceptors (Lipinski definition) is 2. The van der Waals surface area contributed by atoms with E-state index in [0.29, 0.717) is 11.8 Å². The molecule has 0 bridgehead atoms. The van der Waals surface area contributed by atoms with Crippen LogP contribution in [0.4, 0.5) is 0 Å². The summed E-state index contributed by atoms with van der Waals surface area (Å²) in [5, 5.41) is 4.26. The number of rotatable bonds is 4. The Bertz CT molecular complexity index is 260. The molecule has 0 aliphatic carbocycles. The van der Waals surface area contributed by atoms with Gasteiger partial charge in [0.05, 0.1) is 9.77 Å². The van der Waals surface area contributed by atoms with Crippen LogP contribution in [0.25, 0.3) is 0 Å². The van der Waals surface area contributed by atoms with E-state index in [2.05, 4.69) is 60.4 Å². The van der Waals surface area contributed by atoms with Crippen molar-refractivity contribution in [3.05, 3.63) is 16.0 Å². The number of aromatic nitrogens is 2. The first kappa shape index (κ1) is 11.4. The lowest BCUT2D eigenvalue weighted by molar-refractivity contribution is 0.355. The van der Waals surface area contributed by atoms with Crippen LogP contribution in [-0.4, -0.2) is 15.5 Å². The molecule has 1 aromatic rings. The molecule has 13 heavy (non-hydrogen) atoms. The summed E-state index contributed by atoms with van der Waals surface area (Å²) in [7, 11) is 0. The Hall–Kier alpha value is 0.290. The predicted molar refractivity (Wildman–Crippen MR) is 67.1 cm³/mol. The van der Waals surface area contributed by atoms with Gasteiger partial charge in [-0.15, -0.1) is 0 Å². The van der Waals surface area contributed by atoms with E-state index < -0.39 is 0 Å². The highest BCUT2D eigenvalue weighted by Crippen LogP contribution is 2.15. The third-order valence-electron chi connectivity index (χ3n) is 2.20. The molecule has 4 heteroatoms. The highest BCUT2D eigenvalue weighted by atomic mass is 127. The smallest absolute Gasteiger partial charge is 0.0623 e. The van der Waals surface area contributed by atoms with Crippen LogP contribution in [-0.2, 0) is 6.54 Å². The zero-order valence-corrected chi connectivity index (χ0v) is 11.0. The highest BCUT2D eigenvalue weighted by Gasteiger charge is 2.12. The Balaban J connectivity index is 2.56. The molecule has 0 aliphatic rings. The predicted octanol–water partition coefficient (Wildman–Crippen LogP) is 2.69. The fourth-order valence-corrected chi connectivity index (χ4v) is 2.14. The third kappa shape index (κ3) is 3.50. The Morgan fingerprint density at radius 2 is 2.31 bits per heavy atom. The molecule has 2 nitrogen and oxygen atoms in total. The summed E-state index contributed by atoms with van der Waals surface area (Å²) in [4.78, 5) is 0. The molecule has 74 valence electrons. The first-order chi connectivity index (χ1) is 6.13. The number of hydrogen-bond donors (Lipinski definition) is 1. The summed E-state index contributed by atoms with van der Waals surface area (Å²) in [6.07, 6.45) is 3.95. The quantitative estimate of drug-likeness (QED) is 0.669. The van der Waals surface area contributed by atoms with Crippen molar-refractivity contribution in [2.75, 3.05) is 5.75 Å². The van der Waals surface area contributed by atoms with Crippen molar-refractivity contribution in [2.24, 2.45) is 11.8 Å².